The summed E-state index contributed by atoms with van der Waals surface area (Å²) in [6.45, 7) is 16.1. The van der Waals surface area contributed by atoms with Gasteiger partial charge < -0.3 is 25.0 Å². The Bertz CT molecular complexity index is 443. The van der Waals surface area contributed by atoms with Crippen molar-refractivity contribution in [2.75, 3.05) is 47.0 Å². The minimum Gasteiger partial charge on any atom is -0.870 e. The lowest BCUT2D eigenvalue weighted by atomic mass is 10.1. The van der Waals surface area contributed by atoms with Crippen LogP contribution in [-0.4, -0.2) is 72.0 Å². The summed E-state index contributed by atoms with van der Waals surface area (Å²) in [5.74, 6) is 0. The Kier molecular flexibility index (Phi) is 23.3. The van der Waals surface area contributed by atoms with Gasteiger partial charge in [0.05, 0.1) is 40.3 Å². The minimum atomic E-state index is 0. The van der Waals surface area contributed by atoms with Gasteiger partial charge >= 0.3 is 0 Å². The Morgan fingerprint density at radius 1 is 0.645 bits per heavy atom. The van der Waals surface area contributed by atoms with Crippen molar-refractivity contribution in [2.24, 2.45) is 0 Å². The van der Waals surface area contributed by atoms with E-state index < -0.39 is 0 Å². The molecule has 186 valence electrons. The number of aliphatic hydroxyl groups excluding tert-OH is 1. The van der Waals surface area contributed by atoms with Crippen molar-refractivity contribution in [2.45, 2.75) is 85.6 Å². The molecule has 0 spiro atoms. The molecule has 1 aromatic rings. The number of aliphatic hydroxyl groups is 1. The van der Waals surface area contributed by atoms with E-state index in [2.05, 4.69) is 39.8 Å². The SMILES string of the molecule is CCCC[N+](CCCC)(CCCC)CCCC.C[N+](C)(CO)Cc1ccccc1.[OH-].[OH-]. The quantitative estimate of drug-likeness (QED) is 0.273. The molecule has 5 nitrogen and oxygen atoms in total. The van der Waals surface area contributed by atoms with Crippen LogP contribution in [0, 0.1) is 0 Å². The molecule has 0 bridgehead atoms. The molecular formula is C26H54N2O3. The molecule has 0 saturated heterocycles. The first kappa shape index (κ1) is 34.6. The van der Waals surface area contributed by atoms with E-state index >= 15 is 0 Å². The van der Waals surface area contributed by atoms with Gasteiger partial charge in [0.1, 0.15) is 6.54 Å². The minimum absolute atomic E-state index is 0. The lowest BCUT2D eigenvalue weighted by Crippen LogP contribution is -2.50. The molecule has 0 aromatic heterocycles. The summed E-state index contributed by atoms with van der Waals surface area (Å²) < 4.78 is 2.04. The molecular weight excluding hydrogens is 388 g/mol. The van der Waals surface area contributed by atoms with Gasteiger partial charge in [0.2, 0.25) is 0 Å². The smallest absolute Gasteiger partial charge is 0.180 e. The highest BCUT2D eigenvalue weighted by Crippen LogP contribution is 2.16. The third-order valence-corrected chi connectivity index (χ3v) is 5.78. The highest BCUT2D eigenvalue weighted by molar-refractivity contribution is 5.13. The Balaban J connectivity index is -0.000000497. The summed E-state index contributed by atoms with van der Waals surface area (Å²) in [6, 6.07) is 10.2. The first-order valence-electron chi connectivity index (χ1n) is 12.2. The average molecular weight is 443 g/mol. The van der Waals surface area contributed by atoms with E-state index in [9.17, 15) is 0 Å². The maximum Gasteiger partial charge on any atom is 0.180 e. The summed E-state index contributed by atoms with van der Waals surface area (Å²) in [7, 11) is 4.01. The van der Waals surface area contributed by atoms with Gasteiger partial charge in [0.25, 0.3) is 0 Å². The van der Waals surface area contributed by atoms with Crippen LogP contribution in [0.4, 0.5) is 0 Å². The van der Waals surface area contributed by atoms with Gasteiger partial charge in [-0.15, -0.1) is 0 Å². The van der Waals surface area contributed by atoms with Crippen molar-refractivity contribution in [1.29, 1.82) is 0 Å². The number of hydrogen-bond donors (Lipinski definition) is 1. The molecule has 0 atom stereocenters. The molecule has 0 unspecified atom stereocenters. The maximum absolute atomic E-state index is 9.03. The molecule has 1 rings (SSSR count). The van der Waals surface area contributed by atoms with Crippen LogP contribution in [0.1, 0.15) is 84.6 Å². The fraction of sp³-hybridized carbons (Fsp3) is 0.769. The maximum atomic E-state index is 9.03. The third kappa shape index (κ3) is 17.3. The van der Waals surface area contributed by atoms with Crippen LogP contribution in [0.25, 0.3) is 0 Å². The number of hydrogen-bond acceptors (Lipinski definition) is 3. The van der Waals surface area contributed by atoms with Crippen molar-refractivity contribution in [1.82, 2.24) is 0 Å². The van der Waals surface area contributed by atoms with Crippen LogP contribution in [0.5, 0.6) is 0 Å². The summed E-state index contributed by atoms with van der Waals surface area (Å²) in [4.78, 5) is 0. The molecule has 0 aliphatic carbocycles. The molecule has 3 N–H and O–H groups in total. The van der Waals surface area contributed by atoms with E-state index in [1.165, 1.54) is 87.6 Å². The zero-order chi connectivity index (χ0) is 22.0. The van der Waals surface area contributed by atoms with Crippen LogP contribution >= 0.6 is 0 Å². The number of quaternary nitrogens is 2. The van der Waals surface area contributed by atoms with Crippen molar-refractivity contribution in [3.8, 4) is 0 Å². The Labute approximate surface area is 193 Å². The highest BCUT2D eigenvalue weighted by atomic mass is 16.3. The molecule has 31 heavy (non-hydrogen) atoms. The number of rotatable bonds is 15. The van der Waals surface area contributed by atoms with Crippen LogP contribution in [0.3, 0.4) is 0 Å². The van der Waals surface area contributed by atoms with E-state index in [1.54, 1.807) is 0 Å². The van der Waals surface area contributed by atoms with Gasteiger partial charge in [-0.3, -0.25) is 0 Å². The second-order valence-corrected chi connectivity index (χ2v) is 9.37. The molecule has 0 aliphatic rings. The predicted molar refractivity (Wildman–Crippen MR) is 133 cm³/mol. The summed E-state index contributed by atoms with van der Waals surface area (Å²) >= 11 is 0. The van der Waals surface area contributed by atoms with Gasteiger partial charge in [-0.1, -0.05) is 83.7 Å². The first-order valence-corrected chi connectivity index (χ1v) is 12.2. The van der Waals surface area contributed by atoms with Crippen molar-refractivity contribution >= 4 is 0 Å². The zero-order valence-electron chi connectivity index (χ0n) is 21.5. The summed E-state index contributed by atoms with van der Waals surface area (Å²) in [5.41, 5.74) is 1.26. The molecule has 0 aliphatic heterocycles. The van der Waals surface area contributed by atoms with Gasteiger partial charge in [0, 0.05) is 5.56 Å². The Hall–Kier alpha value is -0.980. The van der Waals surface area contributed by atoms with Crippen LogP contribution < -0.4 is 0 Å². The Morgan fingerprint density at radius 2 is 1.00 bits per heavy atom. The monoisotopic (exact) mass is 442 g/mol. The lowest BCUT2D eigenvalue weighted by Gasteiger charge is -2.39. The van der Waals surface area contributed by atoms with E-state index in [0.717, 1.165) is 6.54 Å². The molecule has 1 aromatic carbocycles. The molecule has 0 heterocycles. The first-order chi connectivity index (χ1) is 13.9. The molecule has 5 heteroatoms. The fourth-order valence-corrected chi connectivity index (χ4v) is 3.77. The van der Waals surface area contributed by atoms with Crippen LogP contribution in [-0.2, 0) is 6.54 Å². The normalized spacial score (nSPS) is 11.1. The van der Waals surface area contributed by atoms with E-state index in [4.69, 9.17) is 5.11 Å². The van der Waals surface area contributed by atoms with Gasteiger partial charge in [-0.25, -0.2) is 0 Å². The fourth-order valence-electron chi connectivity index (χ4n) is 3.77. The molecule has 0 saturated carbocycles. The van der Waals surface area contributed by atoms with E-state index in [1.807, 2.05) is 32.3 Å². The topological polar surface area (TPSA) is 80.2 Å². The number of benzene rings is 1. The predicted octanol–water partition coefficient (Wildman–Crippen LogP) is 5.86. The second-order valence-electron chi connectivity index (χ2n) is 9.37. The summed E-state index contributed by atoms with van der Waals surface area (Å²) in [5, 5.41) is 9.03. The molecule has 0 fully saturated rings. The van der Waals surface area contributed by atoms with E-state index in [-0.39, 0.29) is 17.7 Å². The lowest BCUT2D eigenvalue weighted by molar-refractivity contribution is -0.929. The van der Waals surface area contributed by atoms with Crippen LogP contribution in [0.15, 0.2) is 30.3 Å². The van der Waals surface area contributed by atoms with Crippen molar-refractivity contribution in [3.05, 3.63) is 35.9 Å². The number of nitrogens with zero attached hydrogens (tertiary/aromatic N) is 2. The standard InChI is InChI=1S/C16H36N.C10H16NO.2H2O/c1-5-9-13-17(14-10-6-2,15-11-7-3)16-12-8-4;1-11(2,9-12)8-10-6-4-3-5-7-10;;/h5-16H2,1-4H3;3-7,12H,8-9H2,1-2H3;2*1H2/q2*+1;;/p-2. The second kappa shape index (κ2) is 20.9. The summed E-state index contributed by atoms with van der Waals surface area (Å²) in [6.07, 6.45) is 11.1. The zero-order valence-corrected chi connectivity index (χ0v) is 21.5. The highest BCUT2D eigenvalue weighted by Gasteiger charge is 2.24. The van der Waals surface area contributed by atoms with Crippen molar-refractivity contribution in [3.63, 3.8) is 0 Å². The largest absolute Gasteiger partial charge is 0.870 e. The Morgan fingerprint density at radius 3 is 1.29 bits per heavy atom. The van der Waals surface area contributed by atoms with Gasteiger partial charge in [-0.2, -0.15) is 0 Å². The van der Waals surface area contributed by atoms with Crippen molar-refractivity contribution < 1.29 is 25.0 Å². The average Bonchev–Trinajstić information content (AvgIpc) is 2.73. The number of unbranched alkanes of at least 4 members (excludes halogenated alkanes) is 4. The van der Waals surface area contributed by atoms with Crippen LogP contribution in [0.2, 0.25) is 0 Å². The van der Waals surface area contributed by atoms with Gasteiger partial charge in [0.15, 0.2) is 6.73 Å². The third-order valence-electron chi connectivity index (χ3n) is 5.78. The molecule has 0 amide bonds. The van der Waals surface area contributed by atoms with E-state index in [0.29, 0.717) is 4.48 Å². The van der Waals surface area contributed by atoms with Gasteiger partial charge in [-0.05, 0) is 25.7 Å². The molecule has 0 radical (unpaired) electrons.